The SMILES string of the molecule is [2H]C(CC)(CC)c1cc(-[n+]2[c-]n(-c3[c-]c(Oc4[c-]c5c(cc4)c4ccccc4n5-c4cc(C(C)(C)C)ccn4)ccn3)c3cc(-c4ccccc4)ccc32)cc(C([2H])(CC)CC)c1.[Pt]. The van der Waals surface area contributed by atoms with Crippen molar-refractivity contribution in [2.75, 3.05) is 0 Å². The van der Waals surface area contributed by atoms with E-state index >= 15 is 0 Å². The molecule has 0 radical (unpaired) electrons. The van der Waals surface area contributed by atoms with Gasteiger partial charge in [-0.3, -0.25) is 14.1 Å². The minimum Gasteiger partial charge on any atom is -0.522 e. The van der Waals surface area contributed by atoms with E-state index in [2.05, 4.69) is 162 Å². The van der Waals surface area contributed by atoms with Gasteiger partial charge in [-0.2, -0.15) is 18.2 Å². The maximum Gasteiger partial charge on any atom is 0.269 e. The van der Waals surface area contributed by atoms with E-state index in [1.165, 1.54) is 5.56 Å². The third-order valence-corrected chi connectivity index (χ3v) is 12.0. The zero-order chi connectivity index (χ0) is 44.1. The minimum absolute atomic E-state index is 0. The number of para-hydroxylation sites is 1. The van der Waals surface area contributed by atoms with E-state index in [1.54, 1.807) is 6.20 Å². The molecule has 0 saturated heterocycles. The first kappa shape index (κ1) is 40.2. The second kappa shape index (κ2) is 17.9. The molecule has 0 bridgehead atoms. The summed E-state index contributed by atoms with van der Waals surface area (Å²) >= 11 is 0. The van der Waals surface area contributed by atoms with Crippen molar-refractivity contribution in [3.05, 3.63) is 169 Å². The molecule has 0 N–H and O–H groups in total. The van der Waals surface area contributed by atoms with Crippen LogP contribution in [0.2, 0.25) is 0 Å². The first-order valence-corrected chi connectivity index (χ1v) is 21.6. The molecule has 316 valence electrons. The van der Waals surface area contributed by atoms with Crippen LogP contribution in [0.25, 0.3) is 61.3 Å². The number of imidazole rings is 1. The monoisotopic (exact) mass is 996 g/mol. The summed E-state index contributed by atoms with van der Waals surface area (Å²) in [6.45, 7) is 14.9. The average molecular weight is 997 g/mol. The van der Waals surface area contributed by atoms with Crippen molar-refractivity contribution in [1.29, 1.82) is 0 Å². The molecule has 0 spiro atoms. The van der Waals surface area contributed by atoms with Gasteiger partial charge in [-0.05, 0) is 118 Å². The van der Waals surface area contributed by atoms with E-state index in [0.717, 1.165) is 66.6 Å². The van der Waals surface area contributed by atoms with Crippen LogP contribution in [0.5, 0.6) is 11.5 Å². The Bertz CT molecular complexity index is 3090. The fraction of sp³-hybridized carbons (Fsp3) is 0.255. The quantitative estimate of drug-likeness (QED) is 0.0905. The Morgan fingerprint density at radius 2 is 1.34 bits per heavy atom. The van der Waals surface area contributed by atoms with E-state index in [-0.39, 0.29) is 26.5 Å². The van der Waals surface area contributed by atoms with Gasteiger partial charge in [0.05, 0.1) is 22.5 Å². The van der Waals surface area contributed by atoms with Gasteiger partial charge in [0, 0.05) is 41.3 Å². The molecule has 7 heteroatoms. The predicted octanol–water partition coefficient (Wildman–Crippen LogP) is 13.8. The molecule has 9 aromatic rings. The van der Waals surface area contributed by atoms with E-state index in [4.69, 9.17) is 14.7 Å². The smallest absolute Gasteiger partial charge is 0.269 e. The van der Waals surface area contributed by atoms with Crippen molar-refractivity contribution in [2.24, 2.45) is 0 Å². The van der Waals surface area contributed by atoms with Crippen LogP contribution in [-0.4, -0.2) is 19.1 Å². The molecular formula is C55H53N5OPt-2. The molecular weight excluding hydrogens is 942 g/mol. The van der Waals surface area contributed by atoms with Crippen molar-refractivity contribution < 1.29 is 33.1 Å². The van der Waals surface area contributed by atoms with Gasteiger partial charge in [-0.25, -0.2) is 4.98 Å². The molecule has 0 unspecified atom stereocenters. The van der Waals surface area contributed by atoms with Crippen LogP contribution < -0.4 is 9.30 Å². The summed E-state index contributed by atoms with van der Waals surface area (Å²) in [5, 5.41) is 2.17. The molecule has 0 amide bonds. The number of benzene rings is 5. The largest absolute Gasteiger partial charge is 0.522 e. The van der Waals surface area contributed by atoms with Gasteiger partial charge in [-0.1, -0.05) is 127 Å². The van der Waals surface area contributed by atoms with Crippen LogP contribution in [0.4, 0.5) is 0 Å². The van der Waals surface area contributed by atoms with Crippen molar-refractivity contribution in [1.82, 2.24) is 19.1 Å². The van der Waals surface area contributed by atoms with Gasteiger partial charge >= 0.3 is 0 Å². The molecule has 0 fully saturated rings. The van der Waals surface area contributed by atoms with Crippen LogP contribution in [0.1, 0.15) is 105 Å². The standard InChI is InChI=1S/C55H53N5O.Pt/c1-8-37(9-2)41-29-42(38(10-3)11-4)31-44(30-41)58-36-59(52-32-40(21-24-50(52)58)39-17-13-12-14-18-39)53-35-46(26-28-56-53)61-45-22-23-48-47-19-15-16-20-49(47)60(51(48)34-45)54-33-43(25-27-57-54)55(5,6)7;/h12-33,37-38H,8-11H2,1-7H3;/q-2;/i37D,38D;. The molecule has 0 aliphatic heterocycles. The van der Waals surface area contributed by atoms with Gasteiger partial charge in [0.15, 0.2) is 0 Å². The number of hydrogen-bond acceptors (Lipinski definition) is 3. The Morgan fingerprint density at radius 3 is 2.05 bits per heavy atom. The summed E-state index contributed by atoms with van der Waals surface area (Å²) in [6, 6.07) is 48.6. The molecule has 6 nitrogen and oxygen atoms in total. The number of fused-ring (bicyclic) bond motifs is 4. The van der Waals surface area contributed by atoms with Crippen molar-refractivity contribution in [3.8, 4) is 39.9 Å². The summed E-state index contributed by atoms with van der Waals surface area (Å²) in [6.07, 6.45) is 9.89. The molecule has 5 aromatic carbocycles. The van der Waals surface area contributed by atoms with Gasteiger partial charge < -0.3 is 9.30 Å². The summed E-state index contributed by atoms with van der Waals surface area (Å²) in [5.74, 6) is 0.752. The number of ether oxygens (including phenoxy) is 1. The fourth-order valence-electron chi connectivity index (χ4n) is 8.56. The number of hydrogen-bond donors (Lipinski definition) is 0. The molecule has 4 aromatic heterocycles. The van der Waals surface area contributed by atoms with E-state index in [1.807, 2.05) is 45.7 Å². The Kier molecular flexibility index (Phi) is 11.6. The second-order valence-electron chi connectivity index (χ2n) is 16.7. The molecule has 9 rings (SSSR count). The molecule has 0 aliphatic carbocycles. The Balaban J connectivity index is 0.00000560. The van der Waals surface area contributed by atoms with Crippen molar-refractivity contribution >= 4 is 32.8 Å². The zero-order valence-electron chi connectivity index (χ0n) is 38.5. The van der Waals surface area contributed by atoms with E-state index in [0.29, 0.717) is 43.0 Å². The number of pyridine rings is 2. The Labute approximate surface area is 383 Å². The first-order chi connectivity index (χ1) is 30.4. The fourth-order valence-corrected chi connectivity index (χ4v) is 8.56. The summed E-state index contributed by atoms with van der Waals surface area (Å²) in [4.78, 5) is 9.68. The summed E-state index contributed by atoms with van der Waals surface area (Å²) in [7, 11) is 0. The number of rotatable bonds is 12. The van der Waals surface area contributed by atoms with Gasteiger partial charge in [-0.15, -0.1) is 17.5 Å². The average Bonchev–Trinajstić information content (AvgIpc) is 3.86. The minimum atomic E-state index is -0.797. The molecule has 0 aliphatic rings. The van der Waals surface area contributed by atoms with Gasteiger partial charge in [0.25, 0.3) is 6.33 Å². The van der Waals surface area contributed by atoms with Crippen molar-refractivity contribution in [3.63, 3.8) is 0 Å². The topological polar surface area (TPSA) is 48.8 Å². The number of aromatic nitrogens is 5. The summed E-state index contributed by atoms with van der Waals surface area (Å²) < 4.78 is 31.8. The molecule has 4 heterocycles. The normalized spacial score (nSPS) is 12.7. The van der Waals surface area contributed by atoms with E-state index < -0.39 is 11.8 Å². The van der Waals surface area contributed by atoms with Gasteiger partial charge in [0.1, 0.15) is 5.82 Å². The van der Waals surface area contributed by atoms with Crippen LogP contribution in [-0.2, 0) is 26.5 Å². The number of nitrogens with zero attached hydrogens (tertiary/aromatic N) is 5. The summed E-state index contributed by atoms with van der Waals surface area (Å²) in [5.41, 5.74) is 9.66. The maximum absolute atomic E-state index is 9.51. The van der Waals surface area contributed by atoms with Crippen LogP contribution in [0.3, 0.4) is 0 Å². The van der Waals surface area contributed by atoms with Crippen molar-refractivity contribution in [2.45, 2.75) is 91.4 Å². The maximum atomic E-state index is 9.51. The Hall–Kier alpha value is -5.84. The third-order valence-electron chi connectivity index (χ3n) is 12.0. The molecule has 62 heavy (non-hydrogen) atoms. The van der Waals surface area contributed by atoms with Crippen LogP contribution in [0.15, 0.2) is 134 Å². The molecule has 0 atom stereocenters. The first-order valence-electron chi connectivity index (χ1n) is 22.6. The van der Waals surface area contributed by atoms with Gasteiger partial charge in [0.2, 0.25) is 0 Å². The van der Waals surface area contributed by atoms with E-state index in [9.17, 15) is 2.74 Å². The van der Waals surface area contributed by atoms with Crippen LogP contribution >= 0.6 is 0 Å². The predicted molar refractivity (Wildman–Crippen MR) is 249 cm³/mol. The van der Waals surface area contributed by atoms with Crippen LogP contribution in [0, 0.1) is 18.5 Å². The Morgan fingerprint density at radius 1 is 0.661 bits per heavy atom. The zero-order valence-corrected chi connectivity index (χ0v) is 38.8. The second-order valence-corrected chi connectivity index (χ2v) is 16.7. The third kappa shape index (κ3) is 8.14. The molecule has 0 saturated carbocycles.